The van der Waals surface area contributed by atoms with E-state index in [1.165, 1.54) is 16.7 Å². The van der Waals surface area contributed by atoms with Crippen LogP contribution in [0.2, 0.25) is 0 Å². The topological polar surface area (TPSA) is 61.8 Å². The lowest BCUT2D eigenvalue weighted by molar-refractivity contribution is 0.0529. The minimum absolute atomic E-state index is 0.176. The third kappa shape index (κ3) is 5.23. The lowest BCUT2D eigenvalue weighted by Gasteiger charge is -2.32. The summed E-state index contributed by atoms with van der Waals surface area (Å²) in [4.78, 5) is 11.2. The largest absolute Gasteiger partial charge is 0.375 e. The Labute approximate surface area is 168 Å². The van der Waals surface area contributed by atoms with Gasteiger partial charge >= 0.3 is 0 Å². The number of aromatic nitrogens is 1. The zero-order valence-corrected chi connectivity index (χ0v) is 17.3. The summed E-state index contributed by atoms with van der Waals surface area (Å²) in [6, 6.07) is 12.8. The smallest absolute Gasteiger partial charge is 0.191 e. The average molecular weight is 382 g/mol. The van der Waals surface area contributed by atoms with Gasteiger partial charge in [-0.3, -0.25) is 4.99 Å². The van der Waals surface area contributed by atoms with Gasteiger partial charge in [-0.2, -0.15) is 0 Å². The summed E-state index contributed by atoms with van der Waals surface area (Å²) in [6.07, 6.45) is 2.11. The van der Waals surface area contributed by atoms with E-state index in [2.05, 4.69) is 76.6 Å². The first-order valence-corrected chi connectivity index (χ1v) is 9.91. The number of aryl methyl sites for hydroxylation is 1. The van der Waals surface area contributed by atoms with Crippen LogP contribution in [0, 0.1) is 6.92 Å². The lowest BCUT2D eigenvalue weighted by Crippen LogP contribution is -2.41. The van der Waals surface area contributed by atoms with Gasteiger partial charge in [0.15, 0.2) is 5.96 Å². The van der Waals surface area contributed by atoms with Gasteiger partial charge in [-0.25, -0.2) is 4.98 Å². The fourth-order valence-electron chi connectivity index (χ4n) is 3.51. The number of hydrogen-bond donors (Lipinski definition) is 2. The highest BCUT2D eigenvalue weighted by Gasteiger charge is 2.18. The second-order valence-electron chi connectivity index (χ2n) is 7.30. The van der Waals surface area contributed by atoms with Crippen molar-refractivity contribution in [2.75, 3.05) is 31.6 Å². The molecule has 1 fully saturated rings. The van der Waals surface area contributed by atoms with E-state index in [9.17, 15) is 0 Å². The fraction of sp³-hybridized carbons (Fsp3) is 0.455. The molecule has 2 aromatic rings. The lowest BCUT2D eigenvalue weighted by atomic mass is 10.0. The van der Waals surface area contributed by atoms with E-state index in [1.54, 1.807) is 7.05 Å². The van der Waals surface area contributed by atoms with Crippen LogP contribution < -0.4 is 15.5 Å². The molecule has 2 N–H and O–H groups in total. The number of nitrogens with zero attached hydrogens (tertiary/aromatic N) is 3. The van der Waals surface area contributed by atoms with Crippen molar-refractivity contribution >= 4 is 11.8 Å². The molecule has 6 nitrogen and oxygen atoms in total. The second kappa shape index (κ2) is 9.55. The number of morpholine rings is 1. The summed E-state index contributed by atoms with van der Waals surface area (Å²) in [5, 5.41) is 6.89. The van der Waals surface area contributed by atoms with Crippen LogP contribution in [0.5, 0.6) is 0 Å². The molecule has 0 amide bonds. The van der Waals surface area contributed by atoms with E-state index in [4.69, 9.17) is 4.74 Å². The molecule has 0 bridgehead atoms. The number of anilines is 1. The van der Waals surface area contributed by atoms with Crippen molar-refractivity contribution in [1.29, 1.82) is 0 Å². The molecule has 6 heteroatoms. The van der Waals surface area contributed by atoms with Crippen LogP contribution in [-0.4, -0.2) is 43.8 Å². The van der Waals surface area contributed by atoms with E-state index in [0.717, 1.165) is 31.5 Å². The number of hydrogen-bond acceptors (Lipinski definition) is 4. The highest BCUT2D eigenvalue weighted by Crippen LogP contribution is 2.17. The molecule has 1 aliphatic rings. The molecule has 1 aromatic heterocycles. The molecule has 2 unspecified atom stereocenters. The normalized spacial score (nSPS) is 18.6. The zero-order chi connectivity index (χ0) is 19.9. The maximum Gasteiger partial charge on any atom is 0.191 e. The molecule has 0 spiro atoms. The molecule has 1 aliphatic heterocycles. The van der Waals surface area contributed by atoms with Crippen molar-refractivity contribution < 1.29 is 4.74 Å². The number of ether oxygens (including phenoxy) is 1. The Morgan fingerprint density at radius 1 is 1.36 bits per heavy atom. The van der Waals surface area contributed by atoms with Gasteiger partial charge in [0.25, 0.3) is 0 Å². The molecule has 2 heterocycles. The minimum atomic E-state index is 0.176. The van der Waals surface area contributed by atoms with E-state index >= 15 is 0 Å². The predicted octanol–water partition coefficient (Wildman–Crippen LogP) is 3.04. The van der Waals surface area contributed by atoms with Crippen molar-refractivity contribution in [1.82, 2.24) is 15.6 Å². The van der Waals surface area contributed by atoms with Crippen LogP contribution >= 0.6 is 0 Å². The Kier molecular flexibility index (Phi) is 6.87. The molecule has 28 heavy (non-hydrogen) atoms. The molecule has 3 rings (SSSR count). The highest BCUT2D eigenvalue weighted by molar-refractivity contribution is 5.80. The Hall–Kier alpha value is -2.60. The molecular weight excluding hydrogens is 350 g/mol. The van der Waals surface area contributed by atoms with Crippen molar-refractivity contribution in [3.05, 3.63) is 59.3 Å². The van der Waals surface area contributed by atoms with E-state index < -0.39 is 0 Å². The van der Waals surface area contributed by atoms with E-state index in [1.807, 2.05) is 12.3 Å². The number of rotatable bonds is 5. The summed E-state index contributed by atoms with van der Waals surface area (Å²) >= 11 is 0. The third-order valence-electron chi connectivity index (χ3n) is 5.07. The van der Waals surface area contributed by atoms with Gasteiger partial charge in [0.2, 0.25) is 0 Å². The van der Waals surface area contributed by atoms with E-state index in [-0.39, 0.29) is 12.1 Å². The van der Waals surface area contributed by atoms with Gasteiger partial charge in [-0.05, 0) is 49.6 Å². The first-order valence-electron chi connectivity index (χ1n) is 9.91. The van der Waals surface area contributed by atoms with Crippen LogP contribution in [0.15, 0.2) is 47.6 Å². The van der Waals surface area contributed by atoms with Gasteiger partial charge in [-0.15, -0.1) is 0 Å². The number of pyridine rings is 1. The first kappa shape index (κ1) is 20.1. The van der Waals surface area contributed by atoms with Gasteiger partial charge in [0.1, 0.15) is 5.82 Å². The van der Waals surface area contributed by atoms with Crippen molar-refractivity contribution in [2.45, 2.75) is 39.5 Å². The number of aliphatic imine (C=N–C) groups is 1. The monoisotopic (exact) mass is 381 g/mol. The second-order valence-corrected chi connectivity index (χ2v) is 7.30. The summed E-state index contributed by atoms with van der Waals surface area (Å²) in [6.45, 7) is 9.58. The minimum Gasteiger partial charge on any atom is -0.375 e. The van der Waals surface area contributed by atoms with Crippen LogP contribution in [0.4, 0.5) is 5.82 Å². The van der Waals surface area contributed by atoms with Crippen LogP contribution in [-0.2, 0) is 11.3 Å². The first-order chi connectivity index (χ1) is 13.6. The number of benzene rings is 1. The summed E-state index contributed by atoms with van der Waals surface area (Å²) in [5.41, 5.74) is 3.73. The highest BCUT2D eigenvalue weighted by atomic mass is 16.5. The van der Waals surface area contributed by atoms with Gasteiger partial charge in [0.05, 0.1) is 18.8 Å². The molecule has 1 saturated heterocycles. The molecule has 2 atom stereocenters. The van der Waals surface area contributed by atoms with Crippen LogP contribution in [0.25, 0.3) is 0 Å². The SMILES string of the molecule is CN=C(NCc1ccnc(N2CCOC(C)C2)c1)NC(C)c1ccccc1C. The molecule has 0 aliphatic carbocycles. The van der Waals surface area contributed by atoms with Crippen molar-refractivity contribution in [3.63, 3.8) is 0 Å². The fourth-order valence-corrected chi connectivity index (χ4v) is 3.51. The van der Waals surface area contributed by atoms with Crippen LogP contribution in [0.1, 0.15) is 36.6 Å². The average Bonchev–Trinajstić information content (AvgIpc) is 2.71. The Morgan fingerprint density at radius 3 is 2.93 bits per heavy atom. The predicted molar refractivity (Wildman–Crippen MR) is 115 cm³/mol. The van der Waals surface area contributed by atoms with Gasteiger partial charge in [-0.1, -0.05) is 24.3 Å². The molecule has 0 radical (unpaired) electrons. The molecule has 150 valence electrons. The number of guanidine groups is 1. The molecular formula is C22H31N5O. The summed E-state index contributed by atoms with van der Waals surface area (Å²) in [7, 11) is 1.80. The summed E-state index contributed by atoms with van der Waals surface area (Å²) < 4.78 is 5.63. The summed E-state index contributed by atoms with van der Waals surface area (Å²) in [5.74, 6) is 1.79. The maximum atomic E-state index is 5.63. The van der Waals surface area contributed by atoms with E-state index in [0.29, 0.717) is 6.54 Å². The van der Waals surface area contributed by atoms with Crippen molar-refractivity contribution in [2.24, 2.45) is 4.99 Å². The molecule has 0 saturated carbocycles. The standard InChI is InChI=1S/C22H31N5O/c1-16-7-5-6-8-20(16)18(3)26-22(23-4)25-14-19-9-10-24-21(13-19)27-11-12-28-17(2)15-27/h5-10,13,17-18H,11-12,14-15H2,1-4H3,(H2,23,25,26). The quantitative estimate of drug-likeness (QED) is 0.616. The van der Waals surface area contributed by atoms with Gasteiger partial charge in [0, 0.05) is 32.9 Å². The van der Waals surface area contributed by atoms with Crippen LogP contribution in [0.3, 0.4) is 0 Å². The maximum absolute atomic E-state index is 5.63. The zero-order valence-electron chi connectivity index (χ0n) is 17.3. The Balaban J connectivity index is 1.59. The Morgan fingerprint density at radius 2 is 2.18 bits per heavy atom. The Bertz CT molecular complexity index is 807. The third-order valence-corrected chi connectivity index (χ3v) is 5.07. The van der Waals surface area contributed by atoms with Gasteiger partial charge < -0.3 is 20.3 Å². The van der Waals surface area contributed by atoms with Crippen molar-refractivity contribution in [3.8, 4) is 0 Å². The number of nitrogens with one attached hydrogen (secondary N) is 2. The molecule has 1 aromatic carbocycles.